The maximum atomic E-state index is 12.3. The zero-order chi connectivity index (χ0) is 18.1. The summed E-state index contributed by atoms with van der Waals surface area (Å²) in [6.45, 7) is 0. The molecule has 0 fully saturated rings. The number of benzene rings is 2. The molecule has 0 aliphatic rings. The summed E-state index contributed by atoms with van der Waals surface area (Å²) in [5, 5.41) is 21.7. The van der Waals surface area contributed by atoms with Gasteiger partial charge in [0, 0.05) is 12.1 Å². The lowest BCUT2D eigenvalue weighted by atomic mass is 10.2. The second kappa shape index (κ2) is 6.00. The first kappa shape index (κ1) is 17.0. The number of nitrogens with two attached hydrogens (primary N) is 2. The van der Waals surface area contributed by atoms with Crippen molar-refractivity contribution in [3.8, 4) is 0 Å². The fourth-order valence-electron chi connectivity index (χ4n) is 1.83. The largest absolute Gasteiger partial charge is 0.393 e. The van der Waals surface area contributed by atoms with Crippen LogP contribution in [-0.4, -0.2) is 18.3 Å². The van der Waals surface area contributed by atoms with Gasteiger partial charge in [-0.3, -0.25) is 25.0 Å². The smallest absolute Gasteiger partial charge is 0.294 e. The van der Waals surface area contributed by atoms with Crippen molar-refractivity contribution in [1.82, 2.24) is 0 Å². The van der Waals surface area contributed by atoms with Crippen molar-refractivity contribution >= 4 is 38.5 Å². The molecule has 0 radical (unpaired) electrons. The average Bonchev–Trinajstić information content (AvgIpc) is 2.48. The summed E-state index contributed by atoms with van der Waals surface area (Å²) in [6, 6.07) is 6.30. The molecule has 0 saturated heterocycles. The van der Waals surface area contributed by atoms with Crippen LogP contribution in [0.2, 0.25) is 0 Å². The van der Waals surface area contributed by atoms with Crippen LogP contribution < -0.4 is 16.2 Å². The molecule has 12 heteroatoms. The van der Waals surface area contributed by atoms with Gasteiger partial charge in [0.25, 0.3) is 21.4 Å². The molecule has 0 heterocycles. The lowest BCUT2D eigenvalue weighted by Crippen LogP contribution is -2.14. The van der Waals surface area contributed by atoms with Crippen LogP contribution in [0.4, 0.5) is 28.4 Å². The molecule has 126 valence electrons. The van der Waals surface area contributed by atoms with Gasteiger partial charge in [-0.2, -0.15) is 0 Å². The van der Waals surface area contributed by atoms with Crippen LogP contribution in [0.5, 0.6) is 0 Å². The number of nitrogens with one attached hydrogen (secondary N) is 1. The van der Waals surface area contributed by atoms with Gasteiger partial charge in [-0.1, -0.05) is 0 Å². The molecule has 5 N–H and O–H groups in total. The molecule has 0 aliphatic carbocycles. The Morgan fingerprint density at radius 2 is 1.38 bits per heavy atom. The molecule has 2 aromatic carbocycles. The highest BCUT2D eigenvalue weighted by atomic mass is 32.2. The van der Waals surface area contributed by atoms with Crippen LogP contribution in [0.3, 0.4) is 0 Å². The zero-order valence-corrected chi connectivity index (χ0v) is 12.7. The summed E-state index contributed by atoms with van der Waals surface area (Å²) >= 11 is 0. The third-order valence-corrected chi connectivity index (χ3v) is 4.37. The monoisotopic (exact) mass is 353 g/mol. The number of rotatable bonds is 5. The molecule has 2 rings (SSSR count). The van der Waals surface area contributed by atoms with E-state index in [-0.39, 0.29) is 17.1 Å². The van der Waals surface area contributed by atoms with Gasteiger partial charge in [0.05, 0.1) is 20.4 Å². The van der Waals surface area contributed by atoms with E-state index in [1.54, 1.807) is 0 Å². The van der Waals surface area contributed by atoms with E-state index < -0.39 is 36.1 Å². The maximum Gasteiger partial charge on any atom is 0.294 e. The van der Waals surface area contributed by atoms with E-state index >= 15 is 0 Å². The Balaban J connectivity index is 2.42. The number of sulfonamides is 1. The average molecular weight is 353 g/mol. The lowest BCUT2D eigenvalue weighted by molar-refractivity contribution is -0.384. The van der Waals surface area contributed by atoms with Gasteiger partial charge in [-0.25, -0.2) is 8.42 Å². The van der Waals surface area contributed by atoms with Crippen molar-refractivity contribution in [2.75, 3.05) is 16.2 Å². The zero-order valence-electron chi connectivity index (χ0n) is 11.9. The topological polar surface area (TPSA) is 184 Å². The normalized spacial score (nSPS) is 11.0. The Morgan fingerprint density at radius 3 is 1.92 bits per heavy atom. The molecular weight excluding hydrogens is 342 g/mol. The van der Waals surface area contributed by atoms with Crippen LogP contribution >= 0.6 is 0 Å². The Bertz CT molecular complexity index is 943. The van der Waals surface area contributed by atoms with Crippen molar-refractivity contribution < 1.29 is 18.3 Å². The number of hydrogen-bond donors (Lipinski definition) is 3. The molecule has 0 saturated carbocycles. The van der Waals surface area contributed by atoms with Gasteiger partial charge in [0.1, 0.15) is 11.4 Å². The summed E-state index contributed by atoms with van der Waals surface area (Å²) in [4.78, 5) is 19.7. The third kappa shape index (κ3) is 3.33. The molecule has 0 bridgehead atoms. The number of nitro benzene ring substituents is 2. The number of anilines is 3. The molecule has 0 aromatic heterocycles. The maximum absolute atomic E-state index is 12.3. The van der Waals surface area contributed by atoms with Gasteiger partial charge in [-0.15, -0.1) is 0 Å². The number of hydrogen-bond acceptors (Lipinski definition) is 8. The Hall–Kier alpha value is -3.41. The number of nitrogens with zero attached hydrogens (tertiary/aromatic N) is 2. The van der Waals surface area contributed by atoms with Crippen molar-refractivity contribution in [3.05, 3.63) is 56.6 Å². The van der Waals surface area contributed by atoms with E-state index in [4.69, 9.17) is 11.5 Å². The minimum absolute atomic E-state index is 0.115. The van der Waals surface area contributed by atoms with Gasteiger partial charge < -0.3 is 11.5 Å². The minimum Gasteiger partial charge on any atom is -0.393 e. The Morgan fingerprint density at radius 1 is 0.875 bits per heavy atom. The van der Waals surface area contributed by atoms with Gasteiger partial charge >= 0.3 is 0 Å². The fourth-order valence-corrected chi connectivity index (χ4v) is 2.90. The SMILES string of the molecule is Nc1ccc(NS(=O)(=O)c2ccc(N)c([N+](=O)[O-])c2)cc1[N+](=O)[O-]. The molecule has 0 atom stereocenters. The van der Waals surface area contributed by atoms with E-state index in [9.17, 15) is 28.6 Å². The van der Waals surface area contributed by atoms with E-state index in [0.29, 0.717) is 0 Å². The second-order valence-corrected chi connectivity index (χ2v) is 6.30. The highest BCUT2D eigenvalue weighted by Crippen LogP contribution is 2.29. The van der Waals surface area contributed by atoms with Crippen LogP contribution in [0.15, 0.2) is 41.3 Å². The summed E-state index contributed by atoms with van der Waals surface area (Å²) in [5.41, 5.74) is 9.35. The highest BCUT2D eigenvalue weighted by Gasteiger charge is 2.21. The first-order chi connectivity index (χ1) is 11.1. The highest BCUT2D eigenvalue weighted by molar-refractivity contribution is 7.92. The quantitative estimate of drug-likeness (QED) is 0.409. The van der Waals surface area contributed by atoms with Crippen LogP contribution in [0.25, 0.3) is 0 Å². The molecule has 0 amide bonds. The molecule has 0 spiro atoms. The predicted molar refractivity (Wildman–Crippen MR) is 85.8 cm³/mol. The summed E-state index contributed by atoms with van der Waals surface area (Å²) < 4.78 is 26.6. The van der Waals surface area contributed by atoms with Crippen molar-refractivity contribution in [2.24, 2.45) is 0 Å². The summed E-state index contributed by atoms with van der Waals surface area (Å²) in [6.07, 6.45) is 0. The Kier molecular flexibility index (Phi) is 4.24. The number of nitrogen functional groups attached to an aromatic ring is 2. The molecule has 0 unspecified atom stereocenters. The van der Waals surface area contributed by atoms with Crippen LogP contribution in [-0.2, 0) is 10.0 Å². The molecular formula is C12H11N5O6S. The van der Waals surface area contributed by atoms with Crippen LogP contribution in [0, 0.1) is 20.2 Å². The Labute approximate surface area is 135 Å². The standard InChI is InChI=1S/C12H11N5O6S/c13-9-3-1-7(5-11(9)16(18)19)15-24(22,23)8-2-4-10(14)12(6-8)17(20)21/h1-6,15H,13-14H2. The van der Waals surface area contributed by atoms with E-state index in [1.165, 1.54) is 12.1 Å². The summed E-state index contributed by atoms with van der Waals surface area (Å²) in [5.74, 6) is 0. The fraction of sp³-hybridized carbons (Fsp3) is 0. The molecule has 2 aromatic rings. The molecule has 0 aliphatic heterocycles. The number of nitro groups is 2. The predicted octanol–water partition coefficient (Wildman–Crippen LogP) is 1.47. The second-order valence-electron chi connectivity index (χ2n) is 4.61. The van der Waals surface area contributed by atoms with Crippen molar-refractivity contribution in [3.63, 3.8) is 0 Å². The minimum atomic E-state index is -4.21. The van der Waals surface area contributed by atoms with Crippen LogP contribution in [0.1, 0.15) is 0 Å². The molecule has 11 nitrogen and oxygen atoms in total. The van der Waals surface area contributed by atoms with E-state index in [1.807, 2.05) is 0 Å². The van der Waals surface area contributed by atoms with Gasteiger partial charge in [-0.05, 0) is 24.3 Å². The van der Waals surface area contributed by atoms with Gasteiger partial charge in [0.15, 0.2) is 0 Å². The first-order valence-electron chi connectivity index (χ1n) is 6.22. The summed E-state index contributed by atoms with van der Waals surface area (Å²) in [7, 11) is -4.21. The van der Waals surface area contributed by atoms with E-state index in [2.05, 4.69) is 4.72 Å². The molecule has 24 heavy (non-hydrogen) atoms. The van der Waals surface area contributed by atoms with Crippen molar-refractivity contribution in [1.29, 1.82) is 0 Å². The first-order valence-corrected chi connectivity index (χ1v) is 7.71. The van der Waals surface area contributed by atoms with Crippen molar-refractivity contribution in [2.45, 2.75) is 4.90 Å². The third-order valence-electron chi connectivity index (χ3n) is 2.99. The van der Waals surface area contributed by atoms with Gasteiger partial charge in [0.2, 0.25) is 0 Å². The van der Waals surface area contributed by atoms with E-state index in [0.717, 1.165) is 24.3 Å². The lowest BCUT2D eigenvalue weighted by Gasteiger charge is -2.09.